The molecule has 0 aliphatic rings. The summed E-state index contributed by atoms with van der Waals surface area (Å²) in [6.07, 6.45) is 1.77. The lowest BCUT2D eigenvalue weighted by atomic mass is 10.2. The molecule has 0 spiro atoms. The summed E-state index contributed by atoms with van der Waals surface area (Å²) in [6.45, 7) is 2.03. The van der Waals surface area contributed by atoms with E-state index in [1.165, 1.54) is 0 Å². The van der Waals surface area contributed by atoms with Gasteiger partial charge in [0.2, 0.25) is 10.0 Å². The number of hydrogen-bond donors (Lipinski definition) is 2. The molecule has 0 saturated carbocycles. The van der Waals surface area contributed by atoms with Crippen molar-refractivity contribution in [2.45, 2.75) is 25.5 Å². The molecule has 0 fully saturated rings. The summed E-state index contributed by atoms with van der Waals surface area (Å²) in [6, 6.07) is 10.2. The first-order chi connectivity index (χ1) is 10.0. The Morgan fingerprint density at radius 3 is 2.90 bits per heavy atom. The van der Waals surface area contributed by atoms with Gasteiger partial charge in [0, 0.05) is 11.8 Å². The van der Waals surface area contributed by atoms with E-state index in [1.807, 2.05) is 13.0 Å². The SMILES string of the molecule is CCCc1cc(NS(=O)(=O)Cc2cccc(C#N)c2)n[nH]1. The second-order valence-electron chi connectivity index (χ2n) is 4.70. The minimum Gasteiger partial charge on any atom is -0.280 e. The van der Waals surface area contributed by atoms with Gasteiger partial charge in [-0.25, -0.2) is 8.42 Å². The molecule has 0 atom stereocenters. The number of aromatic amines is 1. The van der Waals surface area contributed by atoms with Crippen LogP contribution in [0.15, 0.2) is 30.3 Å². The van der Waals surface area contributed by atoms with Crippen LogP contribution in [0, 0.1) is 11.3 Å². The zero-order chi connectivity index (χ0) is 15.3. The summed E-state index contributed by atoms with van der Waals surface area (Å²) < 4.78 is 26.6. The van der Waals surface area contributed by atoms with Crippen molar-refractivity contribution in [3.05, 3.63) is 47.2 Å². The van der Waals surface area contributed by atoms with Gasteiger partial charge in [-0.1, -0.05) is 25.5 Å². The zero-order valence-electron chi connectivity index (χ0n) is 11.6. The maximum Gasteiger partial charge on any atom is 0.238 e. The Balaban J connectivity index is 2.09. The van der Waals surface area contributed by atoms with Crippen molar-refractivity contribution >= 4 is 15.8 Å². The van der Waals surface area contributed by atoms with E-state index in [0.29, 0.717) is 11.1 Å². The Hall–Kier alpha value is -2.33. The van der Waals surface area contributed by atoms with Crippen LogP contribution in [0.1, 0.15) is 30.2 Å². The normalized spacial score (nSPS) is 11.0. The van der Waals surface area contributed by atoms with E-state index in [4.69, 9.17) is 5.26 Å². The highest BCUT2D eigenvalue weighted by atomic mass is 32.2. The van der Waals surface area contributed by atoms with Gasteiger partial charge in [0.1, 0.15) is 0 Å². The molecule has 1 heterocycles. The fourth-order valence-electron chi connectivity index (χ4n) is 1.96. The molecule has 0 aliphatic carbocycles. The van der Waals surface area contributed by atoms with Gasteiger partial charge in [-0.05, 0) is 24.1 Å². The Kier molecular flexibility index (Phi) is 4.60. The van der Waals surface area contributed by atoms with E-state index in [9.17, 15) is 8.42 Å². The van der Waals surface area contributed by atoms with Gasteiger partial charge < -0.3 is 0 Å². The van der Waals surface area contributed by atoms with Crippen molar-refractivity contribution in [3.8, 4) is 6.07 Å². The second-order valence-corrected chi connectivity index (χ2v) is 6.42. The van der Waals surface area contributed by atoms with Crippen molar-refractivity contribution in [2.24, 2.45) is 0 Å². The predicted molar refractivity (Wildman–Crippen MR) is 80.0 cm³/mol. The Morgan fingerprint density at radius 1 is 1.38 bits per heavy atom. The molecule has 0 radical (unpaired) electrons. The summed E-state index contributed by atoms with van der Waals surface area (Å²) in [5.74, 6) is 0.0910. The minimum atomic E-state index is -3.56. The number of sulfonamides is 1. The molecule has 21 heavy (non-hydrogen) atoms. The number of H-pyrrole nitrogens is 1. The molecular weight excluding hydrogens is 288 g/mol. The highest BCUT2D eigenvalue weighted by molar-refractivity contribution is 7.91. The van der Waals surface area contributed by atoms with Gasteiger partial charge in [0.25, 0.3) is 0 Å². The molecule has 6 nitrogen and oxygen atoms in total. The van der Waals surface area contributed by atoms with Gasteiger partial charge >= 0.3 is 0 Å². The number of rotatable bonds is 6. The third-order valence-electron chi connectivity index (χ3n) is 2.82. The molecular formula is C14H16N4O2S. The van der Waals surface area contributed by atoms with Crippen LogP contribution in [0.2, 0.25) is 0 Å². The highest BCUT2D eigenvalue weighted by Crippen LogP contribution is 2.13. The van der Waals surface area contributed by atoms with Crippen LogP contribution >= 0.6 is 0 Å². The Labute approximate surface area is 123 Å². The summed E-state index contributed by atoms with van der Waals surface area (Å²) in [7, 11) is -3.56. The number of aromatic nitrogens is 2. The first kappa shape index (κ1) is 15.1. The minimum absolute atomic E-state index is 0.196. The van der Waals surface area contributed by atoms with Crippen molar-refractivity contribution in [1.82, 2.24) is 10.2 Å². The highest BCUT2D eigenvalue weighted by Gasteiger charge is 2.14. The number of benzene rings is 1. The van der Waals surface area contributed by atoms with Crippen molar-refractivity contribution < 1.29 is 8.42 Å². The fourth-order valence-corrected chi connectivity index (χ4v) is 3.07. The van der Waals surface area contributed by atoms with E-state index >= 15 is 0 Å². The average molecular weight is 304 g/mol. The lowest BCUT2D eigenvalue weighted by Gasteiger charge is -2.05. The molecule has 110 valence electrons. The largest absolute Gasteiger partial charge is 0.280 e. The van der Waals surface area contributed by atoms with Crippen molar-refractivity contribution in [3.63, 3.8) is 0 Å². The Morgan fingerprint density at radius 2 is 2.19 bits per heavy atom. The number of aryl methyl sites for hydroxylation is 1. The van der Waals surface area contributed by atoms with Crippen LogP contribution in [0.5, 0.6) is 0 Å². The number of hydrogen-bond acceptors (Lipinski definition) is 4. The number of nitriles is 1. The zero-order valence-corrected chi connectivity index (χ0v) is 12.4. The molecule has 0 bridgehead atoms. The molecule has 0 aliphatic heterocycles. The van der Waals surface area contributed by atoms with E-state index in [1.54, 1.807) is 30.3 Å². The van der Waals surface area contributed by atoms with Gasteiger partial charge in [0.05, 0.1) is 17.4 Å². The molecule has 7 heteroatoms. The van der Waals surface area contributed by atoms with Crippen LogP contribution in [0.3, 0.4) is 0 Å². The smallest absolute Gasteiger partial charge is 0.238 e. The topological polar surface area (TPSA) is 98.6 Å². The molecule has 2 N–H and O–H groups in total. The van der Waals surface area contributed by atoms with E-state index in [2.05, 4.69) is 14.9 Å². The van der Waals surface area contributed by atoms with Crippen molar-refractivity contribution in [1.29, 1.82) is 5.26 Å². The average Bonchev–Trinajstić information content (AvgIpc) is 2.85. The van der Waals surface area contributed by atoms with Gasteiger partial charge in [-0.3, -0.25) is 9.82 Å². The van der Waals surface area contributed by atoms with Crippen molar-refractivity contribution in [2.75, 3.05) is 4.72 Å². The van der Waals surface area contributed by atoms with E-state index in [-0.39, 0.29) is 11.6 Å². The third kappa shape index (κ3) is 4.33. The summed E-state index contributed by atoms with van der Waals surface area (Å²) in [4.78, 5) is 0. The number of nitrogens with zero attached hydrogens (tertiary/aromatic N) is 2. The summed E-state index contributed by atoms with van der Waals surface area (Å²) >= 11 is 0. The lowest BCUT2D eigenvalue weighted by molar-refractivity contribution is 0.600. The monoisotopic (exact) mass is 304 g/mol. The van der Waals surface area contributed by atoms with Gasteiger partial charge in [0.15, 0.2) is 5.82 Å². The first-order valence-corrected chi connectivity index (χ1v) is 8.21. The third-order valence-corrected chi connectivity index (χ3v) is 4.06. The molecule has 1 aromatic carbocycles. The van der Waals surface area contributed by atoms with Crippen LogP contribution < -0.4 is 4.72 Å². The molecule has 0 unspecified atom stereocenters. The second kappa shape index (κ2) is 6.41. The lowest BCUT2D eigenvalue weighted by Crippen LogP contribution is -2.15. The molecule has 2 rings (SSSR count). The fraction of sp³-hybridized carbons (Fsp3) is 0.286. The predicted octanol–water partition coefficient (Wildman–Crippen LogP) is 2.18. The molecule has 2 aromatic rings. The maximum absolute atomic E-state index is 12.1. The van der Waals surface area contributed by atoms with Gasteiger partial charge in [-0.2, -0.15) is 10.4 Å². The van der Waals surface area contributed by atoms with Gasteiger partial charge in [-0.15, -0.1) is 0 Å². The van der Waals surface area contributed by atoms with Crippen LogP contribution in [-0.4, -0.2) is 18.6 Å². The van der Waals surface area contributed by atoms with E-state index in [0.717, 1.165) is 18.5 Å². The number of anilines is 1. The van der Waals surface area contributed by atoms with E-state index < -0.39 is 10.0 Å². The Bertz CT molecular complexity index is 759. The first-order valence-electron chi connectivity index (χ1n) is 6.56. The quantitative estimate of drug-likeness (QED) is 0.854. The molecule has 0 saturated heterocycles. The van der Waals surface area contributed by atoms with Crippen LogP contribution in [0.4, 0.5) is 5.82 Å². The molecule has 1 aromatic heterocycles. The number of nitrogens with one attached hydrogen (secondary N) is 2. The summed E-state index contributed by atoms with van der Waals surface area (Å²) in [5, 5.41) is 15.5. The van der Waals surface area contributed by atoms with Crippen LogP contribution in [0.25, 0.3) is 0 Å². The summed E-state index contributed by atoms with van der Waals surface area (Å²) in [5.41, 5.74) is 1.89. The van der Waals surface area contributed by atoms with Crippen LogP contribution in [-0.2, 0) is 22.2 Å². The standard InChI is InChI=1S/C14H16N4O2S/c1-2-4-13-8-14(17-16-13)18-21(19,20)10-12-6-3-5-11(7-12)9-15/h3,5-8H,2,4,10H2,1H3,(H2,16,17,18). The molecule has 0 amide bonds. The maximum atomic E-state index is 12.1.